The molecule has 0 unspecified atom stereocenters. The fourth-order valence-corrected chi connectivity index (χ4v) is 3.90. The van der Waals surface area contributed by atoms with Crippen LogP contribution in [0.3, 0.4) is 0 Å². The van der Waals surface area contributed by atoms with Crippen molar-refractivity contribution in [3.05, 3.63) is 73.2 Å². The van der Waals surface area contributed by atoms with Crippen molar-refractivity contribution in [2.75, 3.05) is 14.2 Å². The van der Waals surface area contributed by atoms with Gasteiger partial charge in [0.2, 0.25) is 4.74 Å². The number of halogens is 2. The van der Waals surface area contributed by atoms with Gasteiger partial charge in [0.25, 0.3) is 0 Å². The van der Waals surface area contributed by atoms with Gasteiger partial charge in [-0.1, -0.05) is 40.6 Å². The number of allylic oxidation sites excluding steroid dienone is 1. The number of carbonyl (C=O) groups is 1. The number of ketones is 1. The van der Waals surface area contributed by atoms with Gasteiger partial charge in [0.05, 0.1) is 19.8 Å². The van der Waals surface area contributed by atoms with Crippen molar-refractivity contribution in [1.29, 1.82) is 0 Å². The molecule has 3 rings (SSSR count). The molecule has 4 nitrogen and oxygen atoms in total. The van der Waals surface area contributed by atoms with E-state index in [4.69, 9.17) is 32.7 Å². The molecule has 0 atom stereocenters. The molecule has 0 aliphatic rings. The van der Waals surface area contributed by atoms with Gasteiger partial charge in [0, 0.05) is 26.2 Å². The first-order chi connectivity index (χ1) is 12.9. The Morgan fingerprint density at radius 1 is 1.07 bits per heavy atom. The highest BCUT2D eigenvalue weighted by Gasteiger charge is 2.14. The van der Waals surface area contributed by atoms with Gasteiger partial charge < -0.3 is 9.47 Å². The van der Waals surface area contributed by atoms with Crippen LogP contribution in [0.4, 0.5) is 0 Å². The van der Waals surface area contributed by atoms with Gasteiger partial charge in [-0.15, -0.1) is 0 Å². The molecule has 1 heterocycles. The van der Waals surface area contributed by atoms with Gasteiger partial charge >= 0.3 is 0 Å². The molecule has 2 aromatic carbocycles. The molecule has 0 aliphatic carbocycles. The van der Waals surface area contributed by atoms with E-state index in [1.165, 1.54) is 20.3 Å². The highest BCUT2D eigenvalue weighted by atomic mass is 35.5. The Bertz CT molecular complexity index is 1120. The first-order valence-electron chi connectivity index (χ1n) is 7.80. The molecule has 0 saturated heterocycles. The number of benzene rings is 2. The quantitative estimate of drug-likeness (QED) is 0.404. The predicted molar refractivity (Wildman–Crippen MR) is 111 cm³/mol. The van der Waals surface area contributed by atoms with Crippen molar-refractivity contribution >= 4 is 56.5 Å². The highest BCUT2D eigenvalue weighted by Crippen LogP contribution is 2.33. The molecule has 138 valence electrons. The molecule has 0 radical (unpaired) electrons. The SMILES string of the molecule is COc1cc(OC)c2cc(C(=O)C=Cc3ccc(Cl)cc3Cl)c(=O)sc2c1. The Morgan fingerprint density at radius 2 is 1.85 bits per heavy atom. The van der Waals surface area contributed by atoms with Crippen LogP contribution in [0.15, 0.2) is 47.3 Å². The average molecular weight is 421 g/mol. The Labute approximate surface area is 169 Å². The minimum atomic E-state index is -0.415. The van der Waals surface area contributed by atoms with Crippen molar-refractivity contribution in [1.82, 2.24) is 0 Å². The van der Waals surface area contributed by atoms with Crippen LogP contribution in [-0.4, -0.2) is 20.0 Å². The Hall–Kier alpha value is -2.34. The minimum Gasteiger partial charge on any atom is -0.497 e. The average Bonchev–Trinajstić information content (AvgIpc) is 2.65. The number of rotatable bonds is 5. The molecule has 1 aromatic heterocycles. The van der Waals surface area contributed by atoms with Crippen molar-refractivity contribution in [2.24, 2.45) is 0 Å². The van der Waals surface area contributed by atoms with E-state index in [1.54, 1.807) is 42.5 Å². The molecule has 7 heteroatoms. The van der Waals surface area contributed by atoms with Crippen LogP contribution in [0.2, 0.25) is 10.0 Å². The zero-order valence-electron chi connectivity index (χ0n) is 14.4. The predicted octanol–water partition coefficient (Wildman–Crippen LogP) is 5.48. The molecule has 0 N–H and O–H groups in total. The number of carbonyl (C=O) groups excluding carboxylic acids is 1. The van der Waals surface area contributed by atoms with Crippen LogP contribution in [0.25, 0.3) is 16.2 Å². The summed E-state index contributed by atoms with van der Waals surface area (Å²) in [4.78, 5) is 25.0. The molecule has 0 spiro atoms. The van der Waals surface area contributed by atoms with Crippen molar-refractivity contribution in [2.45, 2.75) is 0 Å². The summed E-state index contributed by atoms with van der Waals surface area (Å²) in [7, 11) is 3.06. The van der Waals surface area contributed by atoms with E-state index in [0.717, 1.165) is 11.3 Å². The number of hydrogen-bond donors (Lipinski definition) is 0. The van der Waals surface area contributed by atoms with Gasteiger partial charge in [-0.05, 0) is 42.0 Å². The maximum atomic E-state index is 12.6. The van der Waals surface area contributed by atoms with Gasteiger partial charge in [0.15, 0.2) is 5.78 Å². The standard InChI is InChI=1S/C20H14Cl2O4S/c1-25-13-8-18(26-2)15-10-14(20(24)27-19(15)9-13)17(23)6-4-11-3-5-12(21)7-16(11)22/h3-10H,1-2H3. The first kappa shape index (κ1) is 19.4. The topological polar surface area (TPSA) is 52.6 Å². The molecule has 0 bridgehead atoms. The van der Waals surface area contributed by atoms with Crippen LogP contribution in [0.1, 0.15) is 15.9 Å². The Balaban J connectivity index is 2.03. The van der Waals surface area contributed by atoms with Crippen molar-refractivity contribution < 1.29 is 14.3 Å². The second kappa shape index (κ2) is 8.13. The third-order valence-electron chi connectivity index (χ3n) is 3.89. The summed E-state index contributed by atoms with van der Waals surface area (Å²) < 4.78 is 10.9. The minimum absolute atomic E-state index is 0.0669. The Kier molecular flexibility index (Phi) is 5.85. The smallest absolute Gasteiger partial charge is 0.244 e. The molecule has 3 aromatic rings. The summed E-state index contributed by atoms with van der Waals surface area (Å²) in [6.45, 7) is 0. The molecular formula is C20H14Cl2O4S. The van der Waals surface area contributed by atoms with Crippen LogP contribution >= 0.6 is 34.5 Å². The lowest BCUT2D eigenvalue weighted by Gasteiger charge is -2.08. The summed E-state index contributed by atoms with van der Waals surface area (Å²) in [6, 6.07) is 9.95. The Morgan fingerprint density at radius 3 is 2.52 bits per heavy atom. The summed E-state index contributed by atoms with van der Waals surface area (Å²) in [5.41, 5.74) is 0.700. The molecule has 0 saturated carbocycles. The second-order valence-corrected chi connectivity index (χ2v) is 7.41. The van der Waals surface area contributed by atoms with E-state index in [9.17, 15) is 9.59 Å². The van der Waals surface area contributed by atoms with E-state index in [0.29, 0.717) is 37.2 Å². The second-order valence-electron chi connectivity index (χ2n) is 5.55. The number of ether oxygens (including phenoxy) is 2. The zero-order valence-corrected chi connectivity index (χ0v) is 16.7. The third-order valence-corrected chi connectivity index (χ3v) is 5.41. The summed E-state index contributed by atoms with van der Waals surface area (Å²) in [5.74, 6) is 0.688. The lowest BCUT2D eigenvalue weighted by atomic mass is 10.1. The van der Waals surface area contributed by atoms with Crippen molar-refractivity contribution in [3.63, 3.8) is 0 Å². The summed E-state index contributed by atoms with van der Waals surface area (Å²) in [5, 5.41) is 1.59. The monoisotopic (exact) mass is 420 g/mol. The van der Waals surface area contributed by atoms with E-state index in [2.05, 4.69) is 0 Å². The van der Waals surface area contributed by atoms with Crippen LogP contribution in [0.5, 0.6) is 11.5 Å². The normalized spacial score (nSPS) is 11.1. The molecule has 0 fully saturated rings. The van der Waals surface area contributed by atoms with Gasteiger partial charge in [-0.25, -0.2) is 0 Å². The van der Waals surface area contributed by atoms with Crippen LogP contribution in [0, 0.1) is 0 Å². The molecule has 27 heavy (non-hydrogen) atoms. The van der Waals surface area contributed by atoms with Gasteiger partial charge in [-0.2, -0.15) is 0 Å². The maximum absolute atomic E-state index is 12.6. The van der Waals surface area contributed by atoms with Crippen molar-refractivity contribution in [3.8, 4) is 11.5 Å². The lowest BCUT2D eigenvalue weighted by molar-refractivity contribution is 0.104. The van der Waals surface area contributed by atoms with E-state index in [-0.39, 0.29) is 10.3 Å². The summed E-state index contributed by atoms with van der Waals surface area (Å²) >= 11 is 12.9. The van der Waals surface area contributed by atoms with Gasteiger partial charge in [-0.3, -0.25) is 9.59 Å². The third kappa shape index (κ3) is 4.16. The largest absolute Gasteiger partial charge is 0.497 e. The lowest BCUT2D eigenvalue weighted by Crippen LogP contribution is -2.09. The number of hydrogen-bond acceptors (Lipinski definition) is 5. The summed E-state index contributed by atoms with van der Waals surface area (Å²) in [6.07, 6.45) is 2.88. The van der Waals surface area contributed by atoms with E-state index in [1.807, 2.05) is 0 Å². The van der Waals surface area contributed by atoms with E-state index < -0.39 is 5.78 Å². The molecule has 0 amide bonds. The number of fused-ring (bicyclic) bond motifs is 1. The molecular weight excluding hydrogens is 407 g/mol. The molecule has 0 aliphatic heterocycles. The maximum Gasteiger partial charge on any atom is 0.244 e. The van der Waals surface area contributed by atoms with E-state index >= 15 is 0 Å². The van der Waals surface area contributed by atoms with Crippen LogP contribution in [-0.2, 0) is 0 Å². The fourth-order valence-electron chi connectivity index (χ4n) is 2.51. The fraction of sp³-hybridized carbons (Fsp3) is 0.100. The zero-order chi connectivity index (χ0) is 19.6. The van der Waals surface area contributed by atoms with Gasteiger partial charge in [0.1, 0.15) is 11.5 Å². The number of methoxy groups -OCH3 is 2. The van der Waals surface area contributed by atoms with Crippen LogP contribution < -0.4 is 14.2 Å². The first-order valence-corrected chi connectivity index (χ1v) is 9.37. The highest BCUT2D eigenvalue weighted by molar-refractivity contribution is 7.16.